The molecule has 0 aromatic heterocycles. The number of halogens is 3. The third kappa shape index (κ3) is 2.72. The summed E-state index contributed by atoms with van der Waals surface area (Å²) in [4.78, 5) is 0. The van der Waals surface area contributed by atoms with Gasteiger partial charge in [-0.05, 0) is 17.0 Å². The maximum absolute atomic E-state index is 12.5. The van der Waals surface area contributed by atoms with Crippen molar-refractivity contribution in [3.8, 4) is 0 Å². The Morgan fingerprint density at radius 1 is 1.07 bits per heavy atom. The summed E-state index contributed by atoms with van der Waals surface area (Å²) in [7, 11) is 0. The maximum atomic E-state index is 12.5. The fraction of sp³-hybridized carbons (Fsp3) is 0.455. The number of nitrogens with two attached hydrogens (primary N) is 1. The van der Waals surface area contributed by atoms with Gasteiger partial charge < -0.3 is 5.73 Å². The van der Waals surface area contributed by atoms with Crippen molar-refractivity contribution in [1.29, 1.82) is 0 Å². The maximum Gasteiger partial charge on any atom is 0.407 e. The molecule has 0 fully saturated rings. The van der Waals surface area contributed by atoms with Crippen molar-refractivity contribution < 1.29 is 13.2 Å². The van der Waals surface area contributed by atoms with Gasteiger partial charge in [0, 0.05) is 0 Å². The highest BCUT2D eigenvalue weighted by molar-refractivity contribution is 5.33. The molecule has 0 saturated heterocycles. The van der Waals surface area contributed by atoms with Crippen LogP contribution in [0.5, 0.6) is 0 Å². The zero-order valence-electron chi connectivity index (χ0n) is 8.68. The molecule has 1 aromatic rings. The third-order valence-corrected chi connectivity index (χ3v) is 2.31. The summed E-state index contributed by atoms with van der Waals surface area (Å²) in [5.41, 5.74) is 6.01. The molecule has 0 amide bonds. The molecule has 0 heterocycles. The fourth-order valence-electron chi connectivity index (χ4n) is 1.50. The van der Waals surface area contributed by atoms with E-state index < -0.39 is 12.2 Å². The molecule has 0 saturated carbocycles. The van der Waals surface area contributed by atoms with Crippen LogP contribution in [0.15, 0.2) is 24.3 Å². The van der Waals surface area contributed by atoms with Crippen LogP contribution in [0.2, 0.25) is 0 Å². The average Bonchev–Trinajstić information content (AvgIpc) is 2.15. The molecule has 1 nitrogen and oxygen atoms in total. The first-order chi connectivity index (χ1) is 6.84. The first kappa shape index (κ1) is 12.0. The predicted molar refractivity (Wildman–Crippen MR) is 53.5 cm³/mol. The molecule has 0 bridgehead atoms. The Hall–Kier alpha value is -1.03. The molecule has 1 atom stereocenters. The van der Waals surface area contributed by atoms with Crippen molar-refractivity contribution in [2.24, 2.45) is 5.73 Å². The van der Waals surface area contributed by atoms with Gasteiger partial charge in [0.15, 0.2) is 0 Å². The van der Waals surface area contributed by atoms with Crippen molar-refractivity contribution in [3.05, 3.63) is 35.4 Å². The van der Waals surface area contributed by atoms with Gasteiger partial charge in [0.1, 0.15) is 6.04 Å². The number of hydrogen-bond acceptors (Lipinski definition) is 1. The highest BCUT2D eigenvalue weighted by atomic mass is 19.4. The lowest BCUT2D eigenvalue weighted by Crippen LogP contribution is -2.29. The van der Waals surface area contributed by atoms with Gasteiger partial charge in [-0.3, -0.25) is 0 Å². The van der Waals surface area contributed by atoms with Gasteiger partial charge in [-0.2, -0.15) is 13.2 Å². The normalized spacial score (nSPS) is 14.3. The Morgan fingerprint density at radius 3 is 1.93 bits per heavy atom. The van der Waals surface area contributed by atoms with E-state index in [2.05, 4.69) is 0 Å². The summed E-state index contributed by atoms with van der Waals surface area (Å²) in [5, 5.41) is 0. The van der Waals surface area contributed by atoms with Crippen LogP contribution < -0.4 is 5.73 Å². The minimum absolute atomic E-state index is 0.0367. The molecule has 0 aliphatic rings. The van der Waals surface area contributed by atoms with E-state index in [1.165, 1.54) is 6.07 Å². The summed E-state index contributed by atoms with van der Waals surface area (Å²) in [6, 6.07) is 4.53. The second kappa shape index (κ2) is 4.23. The molecule has 0 aliphatic carbocycles. The molecule has 84 valence electrons. The number of rotatable bonds is 2. The van der Waals surface area contributed by atoms with E-state index in [9.17, 15) is 13.2 Å². The Bertz CT molecular complexity index is 331. The van der Waals surface area contributed by atoms with Crippen molar-refractivity contribution in [3.63, 3.8) is 0 Å². The van der Waals surface area contributed by atoms with Gasteiger partial charge in [0.2, 0.25) is 0 Å². The number of alkyl halides is 3. The summed E-state index contributed by atoms with van der Waals surface area (Å²) >= 11 is 0. The van der Waals surface area contributed by atoms with Crippen LogP contribution >= 0.6 is 0 Å². The lowest BCUT2D eigenvalue weighted by molar-refractivity contribution is -0.149. The Balaban J connectivity index is 3.14. The van der Waals surface area contributed by atoms with Crippen LogP contribution in [-0.2, 0) is 0 Å². The van der Waals surface area contributed by atoms with Gasteiger partial charge in [-0.1, -0.05) is 38.1 Å². The van der Waals surface area contributed by atoms with Crippen LogP contribution in [0.3, 0.4) is 0 Å². The highest BCUT2D eigenvalue weighted by Crippen LogP contribution is 2.34. The molecule has 0 radical (unpaired) electrons. The molecule has 4 heteroatoms. The van der Waals surface area contributed by atoms with E-state index in [-0.39, 0.29) is 11.5 Å². The van der Waals surface area contributed by atoms with Gasteiger partial charge in [0.05, 0.1) is 0 Å². The Labute approximate surface area is 87.1 Å². The van der Waals surface area contributed by atoms with E-state index in [1.54, 1.807) is 18.2 Å². The highest BCUT2D eigenvalue weighted by Gasteiger charge is 2.38. The fourth-order valence-corrected chi connectivity index (χ4v) is 1.50. The molecular formula is C11H14F3N. The van der Waals surface area contributed by atoms with Gasteiger partial charge in [-0.25, -0.2) is 0 Å². The topological polar surface area (TPSA) is 26.0 Å². The summed E-state index contributed by atoms with van der Waals surface area (Å²) < 4.78 is 37.4. The van der Waals surface area contributed by atoms with E-state index in [1.807, 2.05) is 13.8 Å². The summed E-state index contributed by atoms with van der Waals surface area (Å²) in [5.74, 6) is 0.0367. The minimum atomic E-state index is -4.38. The second-order valence-corrected chi connectivity index (χ2v) is 3.80. The first-order valence-corrected chi connectivity index (χ1v) is 4.75. The summed E-state index contributed by atoms with van der Waals surface area (Å²) in [6.45, 7) is 3.70. The minimum Gasteiger partial charge on any atom is -0.316 e. The molecule has 1 rings (SSSR count). The van der Waals surface area contributed by atoms with Crippen LogP contribution in [0, 0.1) is 0 Å². The van der Waals surface area contributed by atoms with E-state index in [0.717, 1.165) is 0 Å². The van der Waals surface area contributed by atoms with Gasteiger partial charge >= 0.3 is 6.18 Å². The average molecular weight is 217 g/mol. The van der Waals surface area contributed by atoms with Crippen molar-refractivity contribution in [2.45, 2.75) is 32.0 Å². The van der Waals surface area contributed by atoms with Crippen LogP contribution in [-0.4, -0.2) is 6.18 Å². The van der Waals surface area contributed by atoms with Gasteiger partial charge in [-0.15, -0.1) is 0 Å². The van der Waals surface area contributed by atoms with Crippen LogP contribution in [0.4, 0.5) is 13.2 Å². The van der Waals surface area contributed by atoms with Crippen molar-refractivity contribution >= 4 is 0 Å². The lowest BCUT2D eigenvalue weighted by atomic mass is 9.93. The van der Waals surface area contributed by atoms with Crippen molar-refractivity contribution in [2.75, 3.05) is 0 Å². The molecule has 0 aliphatic heterocycles. The lowest BCUT2D eigenvalue weighted by Gasteiger charge is -2.20. The zero-order chi connectivity index (χ0) is 11.6. The molecule has 1 aromatic carbocycles. The molecule has 0 spiro atoms. The standard InChI is InChI=1S/C11H14F3N/c1-7(2)8-5-3-4-6-9(8)10(15)11(12,13)14/h3-7,10H,15H2,1-2H3/t10-/m0/s1. The van der Waals surface area contributed by atoms with E-state index in [4.69, 9.17) is 5.73 Å². The number of benzene rings is 1. The quantitative estimate of drug-likeness (QED) is 0.807. The smallest absolute Gasteiger partial charge is 0.316 e. The van der Waals surface area contributed by atoms with Crippen molar-refractivity contribution in [1.82, 2.24) is 0 Å². The third-order valence-electron chi connectivity index (χ3n) is 2.31. The zero-order valence-corrected chi connectivity index (χ0v) is 8.68. The molecule has 0 unspecified atom stereocenters. The Kier molecular flexibility index (Phi) is 3.39. The molecular weight excluding hydrogens is 203 g/mol. The van der Waals surface area contributed by atoms with Crippen LogP contribution in [0.1, 0.15) is 36.9 Å². The van der Waals surface area contributed by atoms with E-state index >= 15 is 0 Å². The Morgan fingerprint density at radius 2 is 1.53 bits per heavy atom. The summed E-state index contributed by atoms with van der Waals surface area (Å²) in [6.07, 6.45) is -4.38. The largest absolute Gasteiger partial charge is 0.407 e. The monoisotopic (exact) mass is 217 g/mol. The predicted octanol–water partition coefficient (Wildman–Crippen LogP) is 3.37. The van der Waals surface area contributed by atoms with Crippen LogP contribution in [0.25, 0.3) is 0 Å². The first-order valence-electron chi connectivity index (χ1n) is 4.75. The molecule has 2 N–H and O–H groups in total. The van der Waals surface area contributed by atoms with E-state index in [0.29, 0.717) is 5.56 Å². The molecule has 15 heavy (non-hydrogen) atoms. The number of hydrogen-bond donors (Lipinski definition) is 1. The second-order valence-electron chi connectivity index (χ2n) is 3.80. The van der Waals surface area contributed by atoms with Gasteiger partial charge in [0.25, 0.3) is 0 Å². The SMILES string of the molecule is CC(C)c1ccccc1[C@H](N)C(F)(F)F.